The molecule has 14 heteroatoms. The van der Waals surface area contributed by atoms with Crippen LogP contribution in [0.5, 0.6) is 0 Å². The van der Waals surface area contributed by atoms with E-state index in [9.17, 15) is 24.5 Å². The van der Waals surface area contributed by atoms with Crippen molar-refractivity contribution in [1.82, 2.24) is 9.78 Å². The van der Waals surface area contributed by atoms with Crippen LogP contribution in [0.25, 0.3) is 0 Å². The number of carbonyl (C=O) groups excluding carboxylic acids is 3. The van der Waals surface area contributed by atoms with Gasteiger partial charge >= 0.3 is 11.8 Å². The zero-order valence-electron chi connectivity index (χ0n) is 16.0. The van der Waals surface area contributed by atoms with Gasteiger partial charge in [0.1, 0.15) is 21.8 Å². The minimum Gasteiger partial charge on any atom is -0.465 e. The predicted molar refractivity (Wildman–Crippen MR) is 111 cm³/mol. The molecule has 0 unspecified atom stereocenters. The molecule has 31 heavy (non-hydrogen) atoms. The monoisotopic (exact) mass is 511 g/mol. The third-order valence-corrected chi connectivity index (χ3v) is 5.84. The second-order valence-corrected chi connectivity index (χ2v) is 7.97. The number of halogens is 1. The number of nitrogens with one attached hydrogen (secondary N) is 1. The van der Waals surface area contributed by atoms with Gasteiger partial charge in [0.2, 0.25) is 0 Å². The Labute approximate surface area is 186 Å². The third-order valence-electron chi connectivity index (χ3n) is 4.06. The average Bonchev–Trinajstić information content (AvgIpc) is 3.39. The van der Waals surface area contributed by atoms with Crippen LogP contribution in [0.15, 0.2) is 27.2 Å². The van der Waals surface area contributed by atoms with Crippen molar-refractivity contribution in [3.8, 4) is 0 Å². The van der Waals surface area contributed by atoms with Crippen molar-refractivity contribution >= 4 is 55.9 Å². The number of furan rings is 1. The highest BCUT2D eigenvalue weighted by Gasteiger charge is 2.26. The highest BCUT2D eigenvalue weighted by Crippen LogP contribution is 2.34. The average molecular weight is 512 g/mol. The summed E-state index contributed by atoms with van der Waals surface area (Å²) >= 11 is 3.89. The molecule has 0 spiro atoms. The zero-order valence-corrected chi connectivity index (χ0v) is 18.4. The van der Waals surface area contributed by atoms with Gasteiger partial charge in [0.05, 0.1) is 28.8 Å². The summed E-state index contributed by atoms with van der Waals surface area (Å²) in [5, 5.41) is 17.3. The summed E-state index contributed by atoms with van der Waals surface area (Å²) < 4.78 is 11.7. The minimum absolute atomic E-state index is 0.0233. The number of anilines is 1. The number of carbonyl (C=O) groups is 3. The lowest BCUT2D eigenvalue weighted by molar-refractivity contribution is -0.390. The maximum absolute atomic E-state index is 12.6. The highest BCUT2D eigenvalue weighted by molar-refractivity contribution is 9.10. The molecule has 0 radical (unpaired) electrons. The van der Waals surface area contributed by atoms with Gasteiger partial charge < -0.3 is 30.3 Å². The molecule has 2 amide bonds. The van der Waals surface area contributed by atoms with Crippen molar-refractivity contribution in [3.05, 3.63) is 60.4 Å². The maximum Gasteiger partial charge on any atom is 0.404 e. The van der Waals surface area contributed by atoms with Gasteiger partial charge in [-0.1, -0.05) is 0 Å². The first kappa shape index (κ1) is 22.2. The lowest BCUT2D eigenvalue weighted by atomic mass is 10.1. The number of nitrogens with two attached hydrogens (primary N) is 1. The van der Waals surface area contributed by atoms with E-state index in [2.05, 4.69) is 26.3 Å². The molecule has 3 aromatic heterocycles. The van der Waals surface area contributed by atoms with Crippen molar-refractivity contribution in [2.45, 2.75) is 13.5 Å². The molecule has 3 aromatic rings. The Kier molecular flexibility index (Phi) is 6.21. The molecule has 0 atom stereocenters. The van der Waals surface area contributed by atoms with E-state index in [0.29, 0.717) is 11.3 Å². The molecule has 3 rings (SSSR count). The van der Waals surface area contributed by atoms with Crippen molar-refractivity contribution in [1.29, 1.82) is 0 Å². The third kappa shape index (κ3) is 4.49. The Morgan fingerprint density at radius 1 is 1.42 bits per heavy atom. The molecule has 0 aliphatic rings. The van der Waals surface area contributed by atoms with E-state index < -0.39 is 22.7 Å². The molecule has 3 N–H and O–H groups in total. The highest BCUT2D eigenvalue weighted by atomic mass is 79.9. The summed E-state index contributed by atoms with van der Waals surface area (Å²) in [6.07, 6.45) is 1.41. The number of thiophene rings is 1. The van der Waals surface area contributed by atoms with E-state index in [-0.39, 0.29) is 38.0 Å². The van der Waals surface area contributed by atoms with Gasteiger partial charge in [-0.3, -0.25) is 9.59 Å². The molecule has 0 fully saturated rings. The van der Waals surface area contributed by atoms with Gasteiger partial charge in [-0.25, -0.2) is 4.79 Å². The number of primary amides is 1. The van der Waals surface area contributed by atoms with Crippen molar-refractivity contribution in [2.75, 3.05) is 12.4 Å². The molecule has 0 bridgehead atoms. The van der Waals surface area contributed by atoms with Gasteiger partial charge in [0, 0.05) is 0 Å². The summed E-state index contributed by atoms with van der Waals surface area (Å²) in [6, 6.07) is 2.90. The van der Waals surface area contributed by atoms with Gasteiger partial charge in [-0.05, 0) is 45.5 Å². The van der Waals surface area contributed by atoms with Gasteiger partial charge in [0.25, 0.3) is 11.8 Å². The van der Waals surface area contributed by atoms with E-state index >= 15 is 0 Å². The van der Waals surface area contributed by atoms with Crippen molar-refractivity contribution < 1.29 is 28.5 Å². The Balaban J connectivity index is 1.81. The Bertz CT molecular complexity index is 1210. The molecule has 0 aliphatic heterocycles. The molecule has 0 saturated heterocycles. The Hall–Kier alpha value is -3.52. The van der Waals surface area contributed by atoms with Crippen molar-refractivity contribution in [2.24, 2.45) is 5.73 Å². The lowest BCUT2D eigenvalue weighted by Gasteiger charge is -2.04. The quantitative estimate of drug-likeness (QED) is 0.276. The number of ether oxygens (including phenoxy) is 1. The van der Waals surface area contributed by atoms with Crippen LogP contribution in [-0.4, -0.2) is 39.6 Å². The maximum atomic E-state index is 12.6. The Morgan fingerprint density at radius 2 is 2.13 bits per heavy atom. The molecule has 162 valence electrons. The number of nitro groups is 1. The molecule has 0 aliphatic carbocycles. The minimum atomic E-state index is -0.743. The van der Waals surface area contributed by atoms with Gasteiger partial charge in [-0.2, -0.15) is 4.68 Å². The number of hydrogen-bond acceptors (Lipinski definition) is 9. The molecular weight excluding hydrogens is 498 g/mol. The molecule has 0 aromatic carbocycles. The number of rotatable bonds is 7. The molecule has 3 heterocycles. The van der Waals surface area contributed by atoms with E-state index in [4.69, 9.17) is 14.9 Å². The number of nitrogens with zero attached hydrogens (tertiary/aromatic N) is 3. The van der Waals surface area contributed by atoms with Crippen LogP contribution in [0.2, 0.25) is 0 Å². The SMILES string of the molecule is COC(=O)c1c(NC(=O)c2ccc(Cn3cc(Br)c([N+](=O)[O-])n3)o2)sc(C(N)=O)c1C. The second-order valence-electron chi connectivity index (χ2n) is 6.09. The standard InChI is InChI=1S/C17H14BrN5O7S/c1-7-11(17(26)29-2)16(31-12(7)13(19)24)20-15(25)10-4-3-8(30-10)5-22-6-9(18)14(21-22)23(27)28/h3-4,6H,5H2,1-2H3,(H2,19,24)(H,20,25). The van der Waals surface area contributed by atoms with Crippen LogP contribution in [0.3, 0.4) is 0 Å². The number of amides is 2. The lowest BCUT2D eigenvalue weighted by Crippen LogP contribution is -2.14. The molecular formula is C17H14BrN5O7S. The smallest absolute Gasteiger partial charge is 0.404 e. The summed E-state index contributed by atoms with van der Waals surface area (Å²) in [5.74, 6) is -2.28. The first-order valence-corrected chi connectivity index (χ1v) is 10.0. The first-order valence-electron chi connectivity index (χ1n) is 8.41. The fraction of sp³-hybridized carbons (Fsp3) is 0.176. The van der Waals surface area contributed by atoms with Gasteiger partial charge in [-0.15, -0.1) is 11.3 Å². The fourth-order valence-corrected chi connectivity index (χ4v) is 4.19. The number of hydrogen-bond donors (Lipinski definition) is 2. The normalized spacial score (nSPS) is 10.7. The summed E-state index contributed by atoms with van der Waals surface area (Å²) in [4.78, 5) is 46.6. The number of methoxy groups -OCH3 is 1. The van der Waals surface area contributed by atoms with Gasteiger partial charge in [0.15, 0.2) is 5.76 Å². The van der Waals surface area contributed by atoms with Crippen LogP contribution in [-0.2, 0) is 11.3 Å². The van der Waals surface area contributed by atoms with E-state index in [0.717, 1.165) is 11.3 Å². The van der Waals surface area contributed by atoms with Crippen LogP contribution >= 0.6 is 27.3 Å². The summed E-state index contributed by atoms with van der Waals surface area (Å²) in [6.45, 7) is 1.56. The largest absolute Gasteiger partial charge is 0.465 e. The van der Waals surface area contributed by atoms with Crippen molar-refractivity contribution in [3.63, 3.8) is 0 Å². The fourth-order valence-electron chi connectivity index (χ4n) is 2.69. The summed E-state index contributed by atoms with van der Waals surface area (Å²) in [5.41, 5.74) is 5.64. The van der Waals surface area contributed by atoms with Crippen LogP contribution < -0.4 is 11.1 Å². The van der Waals surface area contributed by atoms with Crippen LogP contribution in [0.1, 0.15) is 41.9 Å². The zero-order chi connectivity index (χ0) is 22.9. The van der Waals surface area contributed by atoms with E-state index in [1.807, 2.05) is 0 Å². The van der Waals surface area contributed by atoms with E-state index in [1.165, 1.54) is 37.0 Å². The predicted octanol–water partition coefficient (Wildman–Crippen LogP) is 2.70. The first-order chi connectivity index (χ1) is 14.6. The molecule has 12 nitrogen and oxygen atoms in total. The number of aromatic nitrogens is 2. The summed E-state index contributed by atoms with van der Waals surface area (Å²) in [7, 11) is 1.17. The van der Waals surface area contributed by atoms with Crippen LogP contribution in [0, 0.1) is 17.0 Å². The number of esters is 1. The van der Waals surface area contributed by atoms with Crippen LogP contribution in [0.4, 0.5) is 10.8 Å². The topological polar surface area (TPSA) is 173 Å². The molecule has 0 saturated carbocycles. The second kappa shape index (κ2) is 8.69. The van der Waals surface area contributed by atoms with E-state index in [1.54, 1.807) is 0 Å². The Morgan fingerprint density at radius 3 is 2.71 bits per heavy atom.